The number of ether oxygens (including phenoxy) is 3. The Balaban J connectivity index is 4.84. The lowest BCUT2D eigenvalue weighted by Crippen LogP contribution is -2.45. The van der Waals surface area contributed by atoms with Gasteiger partial charge in [-0.1, -0.05) is 41.2 Å². The Morgan fingerprint density at radius 2 is 1.55 bits per heavy atom. The molecule has 0 aliphatic heterocycles. The van der Waals surface area contributed by atoms with Crippen LogP contribution >= 0.6 is 0 Å². The Morgan fingerprint density at radius 1 is 1.00 bits per heavy atom. The van der Waals surface area contributed by atoms with Gasteiger partial charge in [-0.05, 0) is 59.3 Å². The first-order valence-corrected chi connectivity index (χ1v) is 11.3. The minimum absolute atomic E-state index is 0.108. The average molecular weight is 413 g/mol. The highest BCUT2D eigenvalue weighted by Gasteiger charge is 2.37. The second-order valence-electron chi connectivity index (χ2n) is 8.12. The molecule has 0 spiro atoms. The summed E-state index contributed by atoms with van der Waals surface area (Å²) in [4.78, 5) is 24.7. The van der Waals surface area contributed by atoms with E-state index in [1.54, 1.807) is 6.92 Å². The van der Waals surface area contributed by atoms with Crippen LogP contribution in [-0.2, 0) is 23.8 Å². The van der Waals surface area contributed by atoms with Crippen LogP contribution in [0.3, 0.4) is 0 Å². The summed E-state index contributed by atoms with van der Waals surface area (Å²) in [6.45, 7) is 19.7. The monoisotopic (exact) mass is 412 g/mol. The highest BCUT2D eigenvalue weighted by molar-refractivity contribution is 5.87. The summed E-state index contributed by atoms with van der Waals surface area (Å²) in [7, 11) is 0. The minimum Gasteiger partial charge on any atom is -0.456 e. The summed E-state index contributed by atoms with van der Waals surface area (Å²) in [6, 6.07) is 0. The van der Waals surface area contributed by atoms with Gasteiger partial charge in [-0.2, -0.15) is 0 Å². The Hall–Kier alpha value is -1.20. The molecule has 0 saturated carbocycles. The van der Waals surface area contributed by atoms with E-state index in [0.29, 0.717) is 44.3 Å². The summed E-state index contributed by atoms with van der Waals surface area (Å²) in [5.41, 5.74) is -0.929. The molecule has 2 atom stereocenters. The lowest BCUT2D eigenvalue weighted by Gasteiger charge is -2.37. The molecule has 0 aromatic heterocycles. The quantitative estimate of drug-likeness (QED) is 0.182. The number of rotatable bonds is 16. The van der Waals surface area contributed by atoms with E-state index < -0.39 is 23.3 Å². The summed E-state index contributed by atoms with van der Waals surface area (Å²) < 4.78 is 17.9. The highest BCUT2D eigenvalue weighted by Crippen LogP contribution is 2.29. The first-order valence-electron chi connectivity index (χ1n) is 11.3. The van der Waals surface area contributed by atoms with Crippen LogP contribution in [0.2, 0.25) is 0 Å². The fourth-order valence-corrected chi connectivity index (χ4v) is 3.46. The predicted molar refractivity (Wildman–Crippen MR) is 118 cm³/mol. The lowest BCUT2D eigenvalue weighted by molar-refractivity contribution is -0.170. The van der Waals surface area contributed by atoms with Crippen LogP contribution in [0.1, 0.15) is 100 Å². The van der Waals surface area contributed by atoms with E-state index in [9.17, 15) is 9.59 Å². The van der Waals surface area contributed by atoms with Crippen molar-refractivity contribution in [3.63, 3.8) is 0 Å². The van der Waals surface area contributed by atoms with Crippen LogP contribution in [0.15, 0.2) is 12.2 Å². The van der Waals surface area contributed by atoms with Crippen molar-refractivity contribution in [2.75, 3.05) is 6.61 Å². The molecule has 5 heteroatoms. The van der Waals surface area contributed by atoms with Crippen LogP contribution in [0.4, 0.5) is 0 Å². The van der Waals surface area contributed by atoms with Crippen molar-refractivity contribution >= 4 is 11.8 Å². The van der Waals surface area contributed by atoms with Crippen molar-refractivity contribution in [3.8, 4) is 0 Å². The van der Waals surface area contributed by atoms with Crippen molar-refractivity contribution in [2.45, 2.75) is 124 Å². The Morgan fingerprint density at radius 3 is 1.97 bits per heavy atom. The molecule has 0 aliphatic carbocycles. The molecule has 0 aromatic carbocycles. The van der Waals surface area contributed by atoms with Gasteiger partial charge in [0.05, 0.1) is 6.10 Å². The van der Waals surface area contributed by atoms with E-state index in [2.05, 4.69) is 20.4 Å². The van der Waals surface area contributed by atoms with Gasteiger partial charge in [0.2, 0.25) is 0 Å². The highest BCUT2D eigenvalue weighted by atomic mass is 16.6. The minimum atomic E-state index is -0.742. The number of carbonyl (C=O) groups excluding carboxylic acids is 2. The third kappa shape index (κ3) is 8.21. The maximum atomic E-state index is 12.8. The number of hydrogen-bond acceptors (Lipinski definition) is 5. The molecule has 0 rings (SSSR count). The maximum absolute atomic E-state index is 12.8. The second-order valence-corrected chi connectivity index (χ2v) is 8.12. The van der Waals surface area contributed by atoms with Gasteiger partial charge in [0.1, 0.15) is 17.3 Å². The second kappa shape index (κ2) is 13.2. The predicted octanol–water partition coefficient (Wildman–Crippen LogP) is 5.79. The molecule has 0 heterocycles. The van der Waals surface area contributed by atoms with Gasteiger partial charge in [0.25, 0.3) is 0 Å². The summed E-state index contributed by atoms with van der Waals surface area (Å²) in [6.07, 6.45) is 4.63. The van der Waals surface area contributed by atoms with E-state index in [-0.39, 0.29) is 11.9 Å². The number of hydrogen-bond donors (Lipinski definition) is 0. The molecule has 0 radical (unpaired) electrons. The molecule has 0 amide bonds. The molecule has 0 bridgehead atoms. The largest absolute Gasteiger partial charge is 0.456 e. The molecule has 0 aliphatic rings. The first-order chi connectivity index (χ1) is 13.6. The molecule has 170 valence electrons. The Bertz CT molecular complexity index is 519. The van der Waals surface area contributed by atoms with Crippen molar-refractivity contribution in [2.24, 2.45) is 0 Å². The summed E-state index contributed by atoms with van der Waals surface area (Å²) in [5.74, 6) is -0.282. The molecule has 5 nitrogen and oxygen atoms in total. The first kappa shape index (κ1) is 27.8. The van der Waals surface area contributed by atoms with Crippen LogP contribution in [0.5, 0.6) is 0 Å². The number of ketones is 1. The SMILES string of the molecule is C=C(C)C(=O)OC(C)C(CC)(CC)OCCCC(=O)C(C)(CC)OC(CC)CC. The van der Waals surface area contributed by atoms with Gasteiger partial charge in [-0.15, -0.1) is 0 Å². The zero-order valence-electron chi connectivity index (χ0n) is 20.1. The number of carbonyl (C=O) groups is 2. The van der Waals surface area contributed by atoms with Crippen molar-refractivity contribution in [1.29, 1.82) is 0 Å². The van der Waals surface area contributed by atoms with Gasteiger partial charge in [-0.25, -0.2) is 4.79 Å². The topological polar surface area (TPSA) is 61.8 Å². The van der Waals surface area contributed by atoms with Crippen molar-refractivity contribution in [3.05, 3.63) is 12.2 Å². The average Bonchev–Trinajstić information content (AvgIpc) is 2.71. The zero-order valence-corrected chi connectivity index (χ0v) is 20.1. The maximum Gasteiger partial charge on any atom is 0.333 e. The molecular weight excluding hydrogens is 368 g/mol. The molecule has 0 fully saturated rings. The molecular formula is C24H44O5. The molecule has 29 heavy (non-hydrogen) atoms. The standard InChI is InChI=1S/C24H44O5/c1-10-20(11-2)29-23(9,12-3)21(25)16-15-17-27-24(13-4,14-5)19(8)28-22(26)18(6)7/h19-20H,6,10-17H2,1-5,7-9H3. The third-order valence-corrected chi connectivity index (χ3v) is 6.11. The number of Topliss-reactive ketones (excluding diaryl/α,β-unsaturated/α-hetero) is 1. The lowest BCUT2D eigenvalue weighted by atomic mass is 9.90. The molecule has 0 aromatic rings. The van der Waals surface area contributed by atoms with Gasteiger partial charge in [-0.3, -0.25) is 4.79 Å². The Labute approximate surface area is 178 Å². The smallest absolute Gasteiger partial charge is 0.333 e. The van der Waals surface area contributed by atoms with Crippen LogP contribution in [-0.4, -0.2) is 41.8 Å². The van der Waals surface area contributed by atoms with E-state index >= 15 is 0 Å². The molecule has 0 saturated heterocycles. The fourth-order valence-electron chi connectivity index (χ4n) is 3.46. The fraction of sp³-hybridized carbons (Fsp3) is 0.833. The van der Waals surface area contributed by atoms with Crippen LogP contribution in [0, 0.1) is 0 Å². The van der Waals surface area contributed by atoms with Gasteiger partial charge in [0.15, 0.2) is 5.78 Å². The van der Waals surface area contributed by atoms with Gasteiger partial charge < -0.3 is 14.2 Å². The van der Waals surface area contributed by atoms with Gasteiger partial charge in [0, 0.05) is 18.6 Å². The van der Waals surface area contributed by atoms with Crippen molar-refractivity contribution in [1.82, 2.24) is 0 Å². The number of esters is 1. The van der Waals surface area contributed by atoms with E-state index in [1.807, 2.05) is 34.6 Å². The van der Waals surface area contributed by atoms with E-state index in [0.717, 1.165) is 12.8 Å². The van der Waals surface area contributed by atoms with E-state index in [1.165, 1.54) is 0 Å². The van der Waals surface area contributed by atoms with Crippen LogP contribution in [0.25, 0.3) is 0 Å². The van der Waals surface area contributed by atoms with Crippen molar-refractivity contribution < 1.29 is 23.8 Å². The van der Waals surface area contributed by atoms with E-state index in [4.69, 9.17) is 14.2 Å². The van der Waals surface area contributed by atoms with Gasteiger partial charge >= 0.3 is 5.97 Å². The van der Waals surface area contributed by atoms with Crippen LogP contribution < -0.4 is 0 Å². The third-order valence-electron chi connectivity index (χ3n) is 6.11. The zero-order chi connectivity index (χ0) is 22.7. The Kier molecular flexibility index (Phi) is 12.6. The summed E-state index contributed by atoms with van der Waals surface area (Å²) >= 11 is 0. The normalized spacial score (nSPS) is 15.1. The molecule has 2 unspecified atom stereocenters. The molecule has 0 N–H and O–H groups in total. The summed E-state index contributed by atoms with van der Waals surface area (Å²) in [5, 5.41) is 0.